The molecule has 1 aromatic heterocycles. The van der Waals surface area contributed by atoms with Crippen LogP contribution >= 0.6 is 27.5 Å². The molecule has 18 heavy (non-hydrogen) atoms. The number of rotatable bonds is 4. The molecule has 2 aromatic rings. The maximum Gasteiger partial charge on any atom is 0.125 e. The van der Waals surface area contributed by atoms with Crippen molar-refractivity contribution in [2.45, 2.75) is 6.54 Å². The molecule has 3 nitrogen and oxygen atoms in total. The second kappa shape index (κ2) is 5.54. The lowest BCUT2D eigenvalue weighted by atomic mass is 10.3. The highest BCUT2D eigenvalue weighted by Gasteiger charge is 2.08. The molecule has 0 radical (unpaired) electrons. The van der Waals surface area contributed by atoms with Crippen LogP contribution < -0.4 is 5.32 Å². The van der Waals surface area contributed by atoms with E-state index in [1.807, 2.05) is 6.20 Å². The van der Waals surface area contributed by atoms with Crippen LogP contribution in [0.3, 0.4) is 0 Å². The number of benzene rings is 1. The SMILES string of the molecule is C=Cn1cc(CNc2c(Cl)cc(F)cc2Br)cn1. The van der Waals surface area contributed by atoms with Gasteiger partial charge in [-0.3, -0.25) is 0 Å². The van der Waals surface area contributed by atoms with Crippen molar-refractivity contribution in [3.05, 3.63) is 52.0 Å². The van der Waals surface area contributed by atoms with Gasteiger partial charge in [0.15, 0.2) is 0 Å². The fourth-order valence-corrected chi connectivity index (χ4v) is 2.43. The van der Waals surface area contributed by atoms with Crippen LogP contribution in [0.4, 0.5) is 10.1 Å². The summed E-state index contributed by atoms with van der Waals surface area (Å²) in [7, 11) is 0. The highest BCUT2D eigenvalue weighted by molar-refractivity contribution is 9.10. The zero-order valence-corrected chi connectivity index (χ0v) is 11.7. The molecule has 0 saturated heterocycles. The predicted octanol–water partition coefficient (Wildman–Crippen LogP) is 4.15. The van der Waals surface area contributed by atoms with Crippen molar-refractivity contribution in [1.82, 2.24) is 9.78 Å². The average Bonchev–Trinajstić information content (AvgIpc) is 2.75. The Labute approximate surface area is 117 Å². The first-order chi connectivity index (χ1) is 8.60. The molecule has 0 amide bonds. The highest BCUT2D eigenvalue weighted by Crippen LogP contribution is 2.31. The molecule has 0 fully saturated rings. The molecular formula is C12H10BrClFN3. The average molecular weight is 331 g/mol. The second-order valence-corrected chi connectivity index (χ2v) is 4.87. The summed E-state index contributed by atoms with van der Waals surface area (Å²) in [6.45, 7) is 4.15. The maximum absolute atomic E-state index is 13.1. The summed E-state index contributed by atoms with van der Waals surface area (Å²) < 4.78 is 15.3. The van der Waals surface area contributed by atoms with Crippen molar-refractivity contribution in [3.63, 3.8) is 0 Å². The van der Waals surface area contributed by atoms with Gasteiger partial charge in [-0.05, 0) is 28.1 Å². The zero-order chi connectivity index (χ0) is 13.1. The van der Waals surface area contributed by atoms with Crippen molar-refractivity contribution in [1.29, 1.82) is 0 Å². The van der Waals surface area contributed by atoms with E-state index in [-0.39, 0.29) is 5.82 Å². The summed E-state index contributed by atoms with van der Waals surface area (Å²) in [6, 6.07) is 2.63. The van der Waals surface area contributed by atoms with Gasteiger partial charge in [-0.1, -0.05) is 18.2 Å². The minimum absolute atomic E-state index is 0.331. The van der Waals surface area contributed by atoms with Crippen molar-refractivity contribution < 1.29 is 4.39 Å². The lowest BCUT2D eigenvalue weighted by Crippen LogP contribution is -2.00. The minimum Gasteiger partial charge on any atom is -0.379 e. The second-order valence-electron chi connectivity index (χ2n) is 3.61. The van der Waals surface area contributed by atoms with Gasteiger partial charge in [0.05, 0.1) is 16.9 Å². The Kier molecular flexibility index (Phi) is 4.04. The number of aromatic nitrogens is 2. The standard InChI is InChI=1S/C12H10BrClFN3/c1-2-18-7-8(6-17-18)5-16-12-10(13)3-9(15)4-11(12)14/h2-4,6-7,16H,1,5H2. The Morgan fingerprint density at radius 2 is 2.33 bits per heavy atom. The van der Waals surface area contributed by atoms with Crippen LogP contribution in [-0.2, 0) is 6.54 Å². The summed E-state index contributed by atoms with van der Waals surface area (Å²) >= 11 is 9.23. The first-order valence-corrected chi connectivity index (χ1v) is 6.31. The number of anilines is 1. The largest absolute Gasteiger partial charge is 0.379 e. The van der Waals surface area contributed by atoms with E-state index in [0.29, 0.717) is 21.7 Å². The first kappa shape index (κ1) is 13.1. The normalized spacial score (nSPS) is 10.4. The number of nitrogens with one attached hydrogen (secondary N) is 1. The van der Waals surface area contributed by atoms with Gasteiger partial charge in [-0.25, -0.2) is 9.07 Å². The summed E-state index contributed by atoms with van der Waals surface area (Å²) in [5, 5.41) is 7.52. The number of hydrogen-bond acceptors (Lipinski definition) is 2. The molecule has 0 unspecified atom stereocenters. The molecule has 2 rings (SSSR count). The molecule has 0 aliphatic heterocycles. The third kappa shape index (κ3) is 2.91. The molecule has 0 aliphatic carbocycles. The topological polar surface area (TPSA) is 29.9 Å². The van der Waals surface area contributed by atoms with Crippen LogP contribution in [-0.4, -0.2) is 9.78 Å². The fraction of sp³-hybridized carbons (Fsp3) is 0.0833. The molecule has 0 saturated carbocycles. The molecular weight excluding hydrogens is 321 g/mol. The zero-order valence-electron chi connectivity index (χ0n) is 9.33. The van der Waals surface area contributed by atoms with E-state index in [9.17, 15) is 4.39 Å². The summed E-state index contributed by atoms with van der Waals surface area (Å²) in [5.74, 6) is -0.378. The molecule has 1 heterocycles. The smallest absolute Gasteiger partial charge is 0.125 e. The van der Waals surface area contributed by atoms with E-state index in [2.05, 4.69) is 32.9 Å². The van der Waals surface area contributed by atoms with Crippen LogP contribution in [0.5, 0.6) is 0 Å². The molecule has 1 N–H and O–H groups in total. The van der Waals surface area contributed by atoms with Gasteiger partial charge in [0, 0.05) is 29.0 Å². The van der Waals surface area contributed by atoms with E-state index < -0.39 is 0 Å². The highest BCUT2D eigenvalue weighted by atomic mass is 79.9. The summed E-state index contributed by atoms with van der Waals surface area (Å²) in [6.07, 6.45) is 5.16. The maximum atomic E-state index is 13.1. The Morgan fingerprint density at radius 3 is 2.94 bits per heavy atom. The van der Waals surface area contributed by atoms with Crippen LogP contribution in [0.2, 0.25) is 5.02 Å². The number of halogens is 3. The van der Waals surface area contributed by atoms with Gasteiger partial charge < -0.3 is 5.32 Å². The fourth-order valence-electron chi connectivity index (χ4n) is 1.47. The van der Waals surface area contributed by atoms with Crippen molar-refractivity contribution in [2.24, 2.45) is 0 Å². The Hall–Kier alpha value is -1.33. The number of hydrogen-bond donors (Lipinski definition) is 1. The monoisotopic (exact) mass is 329 g/mol. The van der Waals surface area contributed by atoms with Crippen LogP contribution in [0.1, 0.15) is 5.56 Å². The van der Waals surface area contributed by atoms with E-state index in [1.165, 1.54) is 12.1 Å². The van der Waals surface area contributed by atoms with Crippen molar-refractivity contribution >= 4 is 39.4 Å². The van der Waals surface area contributed by atoms with Gasteiger partial charge in [-0.15, -0.1) is 0 Å². The number of nitrogens with zero attached hydrogens (tertiary/aromatic N) is 2. The third-order valence-corrected chi connectivity index (χ3v) is 3.24. The van der Waals surface area contributed by atoms with E-state index >= 15 is 0 Å². The molecule has 0 atom stereocenters. The molecule has 1 aromatic carbocycles. The Bertz CT molecular complexity index is 559. The van der Waals surface area contributed by atoms with Gasteiger partial charge in [0.2, 0.25) is 0 Å². The Morgan fingerprint density at radius 1 is 1.56 bits per heavy atom. The van der Waals surface area contributed by atoms with Crippen LogP contribution in [0.25, 0.3) is 6.20 Å². The molecule has 0 aliphatic rings. The van der Waals surface area contributed by atoms with Gasteiger partial charge in [0.25, 0.3) is 0 Å². The Balaban J connectivity index is 2.12. The molecule has 0 bridgehead atoms. The minimum atomic E-state index is -0.378. The van der Waals surface area contributed by atoms with Gasteiger partial charge in [-0.2, -0.15) is 5.10 Å². The van der Waals surface area contributed by atoms with Crippen molar-refractivity contribution in [3.8, 4) is 0 Å². The summed E-state index contributed by atoms with van der Waals surface area (Å²) in [5.41, 5.74) is 1.63. The van der Waals surface area contributed by atoms with Crippen LogP contribution in [0, 0.1) is 5.82 Å². The van der Waals surface area contributed by atoms with E-state index in [4.69, 9.17) is 11.6 Å². The lowest BCUT2D eigenvalue weighted by Gasteiger charge is -2.09. The quantitative estimate of drug-likeness (QED) is 0.912. The predicted molar refractivity (Wildman–Crippen MR) is 75.1 cm³/mol. The molecule has 6 heteroatoms. The lowest BCUT2D eigenvalue weighted by molar-refractivity contribution is 0.627. The third-order valence-electron chi connectivity index (χ3n) is 2.32. The van der Waals surface area contributed by atoms with E-state index in [0.717, 1.165) is 5.56 Å². The van der Waals surface area contributed by atoms with E-state index in [1.54, 1.807) is 17.1 Å². The van der Waals surface area contributed by atoms with Crippen LogP contribution in [0.15, 0.2) is 35.6 Å². The van der Waals surface area contributed by atoms with Crippen molar-refractivity contribution in [2.75, 3.05) is 5.32 Å². The molecule has 94 valence electrons. The van der Waals surface area contributed by atoms with Gasteiger partial charge >= 0.3 is 0 Å². The summed E-state index contributed by atoms with van der Waals surface area (Å²) in [4.78, 5) is 0. The van der Waals surface area contributed by atoms with Gasteiger partial charge in [0.1, 0.15) is 5.82 Å². The first-order valence-electron chi connectivity index (χ1n) is 5.14. The molecule has 0 spiro atoms.